The third-order valence-electron chi connectivity index (χ3n) is 5.99. The molecular weight excluding hydrogens is 366 g/mol. The number of rotatable bonds is 6. The first-order valence-corrected chi connectivity index (χ1v) is 11.8. The van der Waals surface area contributed by atoms with Gasteiger partial charge in [0.05, 0.1) is 6.67 Å². The van der Waals surface area contributed by atoms with E-state index < -0.39 is 0 Å². The van der Waals surface area contributed by atoms with Gasteiger partial charge in [0.1, 0.15) is 5.49 Å². The number of hydrogen-bond donors (Lipinski definition) is 1. The van der Waals surface area contributed by atoms with Crippen LogP contribution in [0.4, 0.5) is 0 Å². The monoisotopic (exact) mass is 401 g/mol. The van der Waals surface area contributed by atoms with E-state index in [9.17, 15) is 0 Å². The first-order chi connectivity index (χ1) is 13.7. The molecule has 0 amide bonds. The van der Waals surface area contributed by atoms with Gasteiger partial charge in [-0.15, -0.1) is 0 Å². The van der Waals surface area contributed by atoms with Crippen molar-refractivity contribution in [3.63, 3.8) is 0 Å². The summed E-state index contributed by atoms with van der Waals surface area (Å²) in [5.74, 6) is 0. The molecule has 6 heteroatoms. The molecule has 0 aromatic carbocycles. The zero-order chi connectivity index (χ0) is 19.8. The molecule has 1 saturated carbocycles. The van der Waals surface area contributed by atoms with E-state index in [1.54, 1.807) is 0 Å². The fourth-order valence-electron chi connectivity index (χ4n) is 4.40. The molecule has 0 bridgehead atoms. The van der Waals surface area contributed by atoms with Gasteiger partial charge in [-0.1, -0.05) is 44.2 Å². The minimum atomic E-state index is 0.483. The Labute approximate surface area is 173 Å². The third-order valence-corrected chi connectivity index (χ3v) is 6.87. The smallest absolute Gasteiger partial charge is 0.138 e. The molecule has 2 aliphatic rings. The van der Waals surface area contributed by atoms with Crippen LogP contribution >= 0.6 is 11.9 Å². The highest BCUT2D eigenvalue weighted by atomic mass is 32.2. The second-order valence-corrected chi connectivity index (χ2v) is 8.72. The van der Waals surface area contributed by atoms with Gasteiger partial charge in [0.15, 0.2) is 0 Å². The molecule has 5 nitrogen and oxygen atoms in total. The summed E-state index contributed by atoms with van der Waals surface area (Å²) in [7, 11) is 0. The van der Waals surface area contributed by atoms with Gasteiger partial charge in [0.25, 0.3) is 0 Å². The molecule has 2 fully saturated rings. The summed E-state index contributed by atoms with van der Waals surface area (Å²) < 4.78 is 4.80. The molecule has 28 heavy (non-hydrogen) atoms. The van der Waals surface area contributed by atoms with Gasteiger partial charge in [-0.25, -0.2) is 0 Å². The van der Waals surface area contributed by atoms with E-state index in [-0.39, 0.29) is 0 Å². The van der Waals surface area contributed by atoms with Crippen LogP contribution in [0, 0.1) is 0 Å². The van der Waals surface area contributed by atoms with Crippen molar-refractivity contribution < 1.29 is 0 Å². The molecule has 154 valence electrons. The predicted octanol–water partition coefficient (Wildman–Crippen LogP) is 2.42. The minimum Gasteiger partial charge on any atom is -0.324 e. The molecule has 0 spiro atoms. The van der Waals surface area contributed by atoms with Crippen molar-refractivity contribution in [3.05, 3.63) is 28.2 Å². The molecule has 2 heterocycles. The maximum absolute atomic E-state index is 5.00. The average Bonchev–Trinajstić information content (AvgIpc) is 3.00. The molecule has 1 aliphatic carbocycles. The van der Waals surface area contributed by atoms with Crippen molar-refractivity contribution in [2.45, 2.75) is 63.5 Å². The van der Waals surface area contributed by atoms with E-state index in [0.29, 0.717) is 18.8 Å². The number of hydrogen-bond acceptors (Lipinski definition) is 5. The maximum Gasteiger partial charge on any atom is 0.138 e. The molecule has 0 unspecified atom stereocenters. The standard InChI is InChI=1S/C22H35N5S/c1-18-10-11-19(16-23-2)22(27(18)21-8-6-4-5-7-9-21)25-17-24-20-12-14-26(28-3)15-13-20/h10-11,16,20-21,24H,1-2,4-9,12-15,17H2,3H3/b19-16-,25-22?. The molecule has 0 atom stereocenters. The van der Waals surface area contributed by atoms with Crippen LogP contribution in [0.25, 0.3) is 12.8 Å². The SMILES string of the molecule is C=N/C=c1/ccc(=C)n(C2CCCCCC2)c1=NCNC1CCN(SC)CC1. The van der Waals surface area contributed by atoms with E-state index in [1.165, 1.54) is 51.4 Å². The van der Waals surface area contributed by atoms with Crippen LogP contribution in [0.3, 0.4) is 0 Å². The van der Waals surface area contributed by atoms with Crippen molar-refractivity contribution in [1.29, 1.82) is 0 Å². The van der Waals surface area contributed by atoms with Crippen LogP contribution in [0.15, 0.2) is 22.1 Å². The van der Waals surface area contributed by atoms with Crippen molar-refractivity contribution in [1.82, 2.24) is 14.2 Å². The summed E-state index contributed by atoms with van der Waals surface area (Å²) in [5.41, 5.74) is 1.00. The van der Waals surface area contributed by atoms with Crippen LogP contribution in [-0.4, -0.2) is 47.6 Å². The van der Waals surface area contributed by atoms with Gasteiger partial charge in [-0.2, -0.15) is 0 Å². The lowest BCUT2D eigenvalue weighted by atomic mass is 10.1. The zero-order valence-corrected chi connectivity index (χ0v) is 18.1. The Bertz CT molecular complexity index is 799. The normalized spacial score (nSPS) is 21.8. The highest BCUT2D eigenvalue weighted by Gasteiger charge is 2.18. The Morgan fingerprint density at radius 3 is 2.50 bits per heavy atom. The summed E-state index contributed by atoms with van der Waals surface area (Å²) in [6, 6.07) is 5.19. The molecule has 1 aromatic rings. The molecule has 1 aromatic heterocycles. The Hall–Kier alpha value is -1.37. The highest BCUT2D eigenvalue weighted by Crippen LogP contribution is 2.24. The average molecular weight is 402 g/mol. The van der Waals surface area contributed by atoms with Gasteiger partial charge in [-0.3, -0.25) is 19.6 Å². The lowest BCUT2D eigenvalue weighted by Crippen LogP contribution is -2.46. The Kier molecular flexibility index (Phi) is 8.37. The molecule has 1 aliphatic heterocycles. The summed E-state index contributed by atoms with van der Waals surface area (Å²) in [5, 5.41) is 5.72. The van der Waals surface area contributed by atoms with Gasteiger partial charge in [0, 0.05) is 41.9 Å². The van der Waals surface area contributed by atoms with Crippen molar-refractivity contribution >= 4 is 31.4 Å². The number of pyridine rings is 1. The molecule has 1 N–H and O–H groups in total. The fraction of sp³-hybridized carbons (Fsp3) is 0.636. The molecule has 0 radical (unpaired) electrons. The summed E-state index contributed by atoms with van der Waals surface area (Å²) in [6.45, 7) is 10.9. The lowest BCUT2D eigenvalue weighted by molar-refractivity contribution is 0.310. The summed E-state index contributed by atoms with van der Waals surface area (Å²) in [4.78, 5) is 9.02. The first kappa shape index (κ1) is 21.3. The molecule has 1 saturated heterocycles. The van der Waals surface area contributed by atoms with E-state index in [1.807, 2.05) is 18.1 Å². The van der Waals surface area contributed by atoms with E-state index in [2.05, 4.69) is 50.9 Å². The number of aromatic nitrogens is 1. The van der Waals surface area contributed by atoms with E-state index in [0.717, 1.165) is 29.1 Å². The quantitative estimate of drug-likeness (QED) is 0.452. The molecular formula is C22H35N5S. The Balaban J connectivity index is 1.84. The fourth-order valence-corrected chi connectivity index (χ4v) is 4.97. The van der Waals surface area contributed by atoms with E-state index in [4.69, 9.17) is 4.99 Å². The van der Waals surface area contributed by atoms with Crippen LogP contribution in [-0.2, 0) is 0 Å². The van der Waals surface area contributed by atoms with Gasteiger partial charge < -0.3 is 4.57 Å². The maximum atomic E-state index is 5.00. The van der Waals surface area contributed by atoms with E-state index >= 15 is 0 Å². The predicted molar refractivity (Wildman–Crippen MR) is 122 cm³/mol. The van der Waals surface area contributed by atoms with Crippen LogP contribution < -0.4 is 21.4 Å². The Morgan fingerprint density at radius 2 is 1.86 bits per heavy atom. The van der Waals surface area contributed by atoms with Crippen LogP contribution in [0.2, 0.25) is 0 Å². The number of piperidine rings is 1. The van der Waals surface area contributed by atoms with Gasteiger partial charge >= 0.3 is 0 Å². The number of nitrogens with zero attached hydrogens (tertiary/aromatic N) is 4. The second-order valence-electron chi connectivity index (χ2n) is 7.84. The summed E-state index contributed by atoms with van der Waals surface area (Å²) >= 11 is 1.85. The topological polar surface area (TPSA) is 44.9 Å². The zero-order valence-electron chi connectivity index (χ0n) is 17.3. The first-order valence-electron chi connectivity index (χ1n) is 10.6. The van der Waals surface area contributed by atoms with Crippen LogP contribution in [0.5, 0.6) is 0 Å². The summed E-state index contributed by atoms with van der Waals surface area (Å²) in [6.07, 6.45) is 14.0. The highest BCUT2D eigenvalue weighted by molar-refractivity contribution is 7.96. The van der Waals surface area contributed by atoms with Crippen molar-refractivity contribution in [2.75, 3.05) is 26.0 Å². The van der Waals surface area contributed by atoms with Gasteiger partial charge in [0.2, 0.25) is 0 Å². The number of nitrogens with one attached hydrogen (secondary N) is 1. The van der Waals surface area contributed by atoms with Crippen molar-refractivity contribution in [3.8, 4) is 0 Å². The second kappa shape index (κ2) is 11.0. The largest absolute Gasteiger partial charge is 0.324 e. The molecule has 3 rings (SSSR count). The lowest BCUT2D eigenvalue weighted by Gasteiger charge is -2.30. The minimum absolute atomic E-state index is 0.483. The van der Waals surface area contributed by atoms with Crippen molar-refractivity contribution in [2.24, 2.45) is 9.98 Å². The van der Waals surface area contributed by atoms with Gasteiger partial charge in [-0.05, 0) is 50.8 Å². The Morgan fingerprint density at radius 1 is 1.14 bits per heavy atom. The van der Waals surface area contributed by atoms with Crippen LogP contribution in [0.1, 0.15) is 57.4 Å². The number of aliphatic imine (C=N–C) groups is 1. The third kappa shape index (κ3) is 5.58.